The van der Waals surface area contributed by atoms with Crippen molar-refractivity contribution in [3.8, 4) is 0 Å². The molecule has 0 radical (unpaired) electrons. The molecule has 0 aliphatic heterocycles. The van der Waals surface area contributed by atoms with Crippen molar-refractivity contribution in [2.24, 2.45) is 0 Å². The SMILES string of the molecule is C=C(C)C(=O)NCCCNc1ccccc1B(O)O. The smallest absolute Gasteiger partial charge is 0.423 e. The molecular formula is C13H19BN2O3. The van der Waals surface area contributed by atoms with E-state index in [4.69, 9.17) is 0 Å². The lowest BCUT2D eigenvalue weighted by Gasteiger charge is -2.11. The summed E-state index contributed by atoms with van der Waals surface area (Å²) < 4.78 is 0. The maximum Gasteiger partial charge on any atom is 0.490 e. The minimum absolute atomic E-state index is 0.147. The third-order valence-corrected chi connectivity index (χ3v) is 2.58. The van der Waals surface area contributed by atoms with E-state index in [0.29, 0.717) is 29.8 Å². The largest absolute Gasteiger partial charge is 0.490 e. The van der Waals surface area contributed by atoms with Gasteiger partial charge in [0.05, 0.1) is 0 Å². The van der Waals surface area contributed by atoms with Crippen molar-refractivity contribution in [1.82, 2.24) is 5.32 Å². The Morgan fingerprint density at radius 2 is 2.00 bits per heavy atom. The summed E-state index contributed by atoms with van der Waals surface area (Å²) in [6.07, 6.45) is 0.731. The summed E-state index contributed by atoms with van der Waals surface area (Å²) in [4.78, 5) is 11.2. The molecule has 0 aromatic heterocycles. The second-order valence-electron chi connectivity index (χ2n) is 4.28. The first kappa shape index (κ1) is 15.3. The second kappa shape index (κ2) is 7.61. The number of hydrogen-bond donors (Lipinski definition) is 4. The van der Waals surface area contributed by atoms with Gasteiger partial charge in [-0.3, -0.25) is 4.79 Å². The topological polar surface area (TPSA) is 81.6 Å². The summed E-state index contributed by atoms with van der Waals surface area (Å²) in [5, 5.41) is 24.2. The average molecular weight is 262 g/mol. The fourth-order valence-electron chi connectivity index (χ4n) is 1.55. The number of para-hydroxylation sites is 1. The van der Waals surface area contributed by atoms with Gasteiger partial charge in [0.2, 0.25) is 5.91 Å². The zero-order chi connectivity index (χ0) is 14.3. The zero-order valence-corrected chi connectivity index (χ0v) is 11.0. The highest BCUT2D eigenvalue weighted by Crippen LogP contribution is 2.03. The molecule has 1 aromatic rings. The molecule has 0 aliphatic rings. The Kier molecular flexibility index (Phi) is 6.11. The van der Waals surface area contributed by atoms with Crippen LogP contribution in [0.3, 0.4) is 0 Å². The summed E-state index contributed by atoms with van der Waals surface area (Å²) in [6, 6.07) is 6.99. The number of hydrogen-bond acceptors (Lipinski definition) is 4. The quantitative estimate of drug-likeness (QED) is 0.313. The molecule has 1 aromatic carbocycles. The van der Waals surface area contributed by atoms with Crippen LogP contribution in [0.25, 0.3) is 0 Å². The van der Waals surface area contributed by atoms with Crippen LogP contribution in [0.1, 0.15) is 13.3 Å². The fourth-order valence-corrected chi connectivity index (χ4v) is 1.55. The Bertz CT molecular complexity index is 449. The van der Waals surface area contributed by atoms with Crippen LogP contribution in [0.4, 0.5) is 5.69 Å². The molecule has 0 saturated carbocycles. The van der Waals surface area contributed by atoms with Gasteiger partial charge in [-0.1, -0.05) is 24.8 Å². The van der Waals surface area contributed by atoms with E-state index in [1.165, 1.54) is 0 Å². The third-order valence-electron chi connectivity index (χ3n) is 2.58. The number of carbonyl (C=O) groups is 1. The average Bonchev–Trinajstić information content (AvgIpc) is 2.38. The van der Waals surface area contributed by atoms with Gasteiger partial charge >= 0.3 is 7.12 Å². The molecule has 0 heterocycles. The van der Waals surface area contributed by atoms with Crippen molar-refractivity contribution >= 4 is 24.2 Å². The summed E-state index contributed by atoms with van der Waals surface area (Å²) in [6.45, 7) is 6.38. The molecule has 102 valence electrons. The van der Waals surface area contributed by atoms with Crippen LogP contribution in [0.2, 0.25) is 0 Å². The minimum atomic E-state index is -1.49. The highest BCUT2D eigenvalue weighted by atomic mass is 16.4. The first-order chi connectivity index (χ1) is 9.02. The Hall–Kier alpha value is -1.79. The van der Waals surface area contributed by atoms with Gasteiger partial charge in [0.25, 0.3) is 0 Å². The van der Waals surface area contributed by atoms with Gasteiger partial charge in [0.1, 0.15) is 0 Å². The van der Waals surface area contributed by atoms with Gasteiger partial charge in [-0.2, -0.15) is 0 Å². The first-order valence-corrected chi connectivity index (χ1v) is 6.15. The molecule has 0 unspecified atom stereocenters. The lowest BCUT2D eigenvalue weighted by atomic mass is 9.79. The predicted molar refractivity (Wildman–Crippen MR) is 77.2 cm³/mol. The minimum Gasteiger partial charge on any atom is -0.423 e. The van der Waals surface area contributed by atoms with Gasteiger partial charge in [0.15, 0.2) is 0 Å². The maximum absolute atomic E-state index is 11.2. The summed E-state index contributed by atoms with van der Waals surface area (Å²) in [7, 11) is -1.49. The molecular weight excluding hydrogens is 243 g/mol. The second-order valence-corrected chi connectivity index (χ2v) is 4.28. The summed E-state index contributed by atoms with van der Waals surface area (Å²) in [5.41, 5.74) is 1.61. The van der Waals surface area contributed by atoms with E-state index in [2.05, 4.69) is 17.2 Å². The summed E-state index contributed by atoms with van der Waals surface area (Å²) in [5.74, 6) is -0.147. The van der Waals surface area contributed by atoms with Crippen molar-refractivity contribution in [2.45, 2.75) is 13.3 Å². The zero-order valence-electron chi connectivity index (χ0n) is 11.0. The molecule has 0 spiro atoms. The number of benzene rings is 1. The third kappa shape index (κ3) is 5.15. The molecule has 19 heavy (non-hydrogen) atoms. The molecule has 0 bridgehead atoms. The molecule has 0 aliphatic carbocycles. The van der Waals surface area contributed by atoms with E-state index in [0.717, 1.165) is 6.42 Å². The van der Waals surface area contributed by atoms with Crippen molar-refractivity contribution in [1.29, 1.82) is 0 Å². The molecule has 1 rings (SSSR count). The lowest BCUT2D eigenvalue weighted by Crippen LogP contribution is -2.33. The molecule has 1 amide bonds. The Labute approximate surface area is 113 Å². The van der Waals surface area contributed by atoms with Crippen LogP contribution in [0, 0.1) is 0 Å². The van der Waals surface area contributed by atoms with E-state index >= 15 is 0 Å². The van der Waals surface area contributed by atoms with E-state index in [-0.39, 0.29) is 5.91 Å². The normalized spacial score (nSPS) is 9.84. The van der Waals surface area contributed by atoms with Gasteiger partial charge in [-0.15, -0.1) is 0 Å². The standard InChI is InChI=1S/C13H19BN2O3/c1-10(2)13(17)16-9-5-8-15-12-7-4-3-6-11(12)14(18)19/h3-4,6-7,15,18-19H,1,5,8-9H2,2H3,(H,16,17). The van der Waals surface area contributed by atoms with Crippen molar-refractivity contribution in [2.75, 3.05) is 18.4 Å². The van der Waals surface area contributed by atoms with Crippen molar-refractivity contribution in [3.05, 3.63) is 36.4 Å². The van der Waals surface area contributed by atoms with E-state index in [9.17, 15) is 14.8 Å². The van der Waals surface area contributed by atoms with Crippen LogP contribution in [-0.4, -0.2) is 36.2 Å². The van der Waals surface area contributed by atoms with Gasteiger partial charge in [-0.25, -0.2) is 0 Å². The van der Waals surface area contributed by atoms with Gasteiger partial charge in [0, 0.05) is 29.8 Å². The van der Waals surface area contributed by atoms with Crippen LogP contribution in [0.15, 0.2) is 36.4 Å². The highest BCUT2D eigenvalue weighted by Gasteiger charge is 2.14. The number of carbonyl (C=O) groups excluding carboxylic acids is 1. The summed E-state index contributed by atoms with van der Waals surface area (Å²) >= 11 is 0. The van der Waals surface area contributed by atoms with Crippen LogP contribution in [-0.2, 0) is 4.79 Å². The lowest BCUT2D eigenvalue weighted by molar-refractivity contribution is -0.117. The van der Waals surface area contributed by atoms with E-state index < -0.39 is 7.12 Å². The van der Waals surface area contributed by atoms with Crippen LogP contribution >= 0.6 is 0 Å². The first-order valence-electron chi connectivity index (χ1n) is 6.15. The molecule has 0 saturated heterocycles. The Balaban J connectivity index is 2.34. The van der Waals surface area contributed by atoms with Crippen LogP contribution in [0.5, 0.6) is 0 Å². The number of amides is 1. The monoisotopic (exact) mass is 262 g/mol. The van der Waals surface area contributed by atoms with Gasteiger partial charge in [-0.05, 0) is 19.4 Å². The highest BCUT2D eigenvalue weighted by molar-refractivity contribution is 6.60. The number of anilines is 1. The van der Waals surface area contributed by atoms with Crippen molar-refractivity contribution < 1.29 is 14.8 Å². The Morgan fingerprint density at radius 3 is 2.63 bits per heavy atom. The molecule has 0 atom stereocenters. The van der Waals surface area contributed by atoms with E-state index in [1.54, 1.807) is 25.1 Å². The van der Waals surface area contributed by atoms with Crippen molar-refractivity contribution in [3.63, 3.8) is 0 Å². The predicted octanol–water partition coefficient (Wildman–Crippen LogP) is -0.139. The molecule has 5 nitrogen and oxygen atoms in total. The molecule has 4 N–H and O–H groups in total. The maximum atomic E-state index is 11.2. The van der Waals surface area contributed by atoms with E-state index in [1.807, 2.05) is 6.07 Å². The van der Waals surface area contributed by atoms with Crippen LogP contribution < -0.4 is 16.1 Å². The fraction of sp³-hybridized carbons (Fsp3) is 0.308. The molecule has 0 fully saturated rings. The number of rotatable bonds is 7. The number of nitrogens with one attached hydrogen (secondary N) is 2. The van der Waals surface area contributed by atoms with Gasteiger partial charge < -0.3 is 20.7 Å². The molecule has 6 heteroatoms. The Morgan fingerprint density at radius 1 is 1.32 bits per heavy atom.